The van der Waals surface area contributed by atoms with Gasteiger partial charge in [0.1, 0.15) is 17.0 Å². The number of fused-ring (bicyclic) bond motifs is 1. The van der Waals surface area contributed by atoms with E-state index in [1.165, 1.54) is 0 Å². The molecule has 0 aliphatic carbocycles. The van der Waals surface area contributed by atoms with Crippen LogP contribution in [0.5, 0.6) is 5.75 Å². The van der Waals surface area contributed by atoms with Crippen molar-refractivity contribution in [3.8, 4) is 5.75 Å². The van der Waals surface area contributed by atoms with Crippen molar-refractivity contribution in [3.05, 3.63) is 23.8 Å². The fraction of sp³-hybridized carbons (Fsp3) is 0.400. The molecule has 1 aromatic rings. The maximum atomic E-state index is 12.8. The van der Waals surface area contributed by atoms with Crippen LogP contribution in [0.2, 0.25) is 0 Å². The molecule has 22 heavy (non-hydrogen) atoms. The molecule has 116 valence electrons. The van der Waals surface area contributed by atoms with Crippen LogP contribution in [0.3, 0.4) is 0 Å². The van der Waals surface area contributed by atoms with Gasteiger partial charge in [-0.05, 0) is 19.1 Å². The highest BCUT2D eigenvalue weighted by Crippen LogP contribution is 2.39. The molecule has 2 heterocycles. The minimum absolute atomic E-state index is 0.203. The molecule has 7 nitrogen and oxygen atoms in total. The molecule has 2 aliphatic rings. The number of para-hydroxylation sites is 1. The van der Waals surface area contributed by atoms with Crippen molar-refractivity contribution < 1.29 is 23.7 Å². The van der Waals surface area contributed by atoms with E-state index in [1.807, 2.05) is 6.92 Å². The van der Waals surface area contributed by atoms with Crippen molar-refractivity contribution in [1.29, 1.82) is 0 Å². The number of likely N-dealkylation sites (N-methyl/N-ethyl adjacent to an activating group) is 1. The predicted molar refractivity (Wildman–Crippen MR) is 77.9 cm³/mol. The van der Waals surface area contributed by atoms with Crippen LogP contribution < -0.4 is 15.5 Å². The number of hydrogen-bond donors (Lipinski definition) is 2. The number of hydrogen-bond acceptors (Lipinski definition) is 5. The van der Waals surface area contributed by atoms with Gasteiger partial charge in [-0.1, -0.05) is 6.07 Å². The van der Waals surface area contributed by atoms with Gasteiger partial charge in [-0.25, -0.2) is 10.2 Å². The molecule has 3 rings (SSSR count). The van der Waals surface area contributed by atoms with Crippen molar-refractivity contribution in [2.45, 2.75) is 25.8 Å². The number of nitrogens with one attached hydrogen (secondary N) is 2. The summed E-state index contributed by atoms with van der Waals surface area (Å²) in [5.41, 5.74) is 4.22. The topological polar surface area (TPSA) is 84.5 Å². The first kappa shape index (κ1) is 14.5. The minimum atomic E-state index is -0.646. The lowest BCUT2D eigenvalue weighted by molar-refractivity contribution is -0.820. The Hall–Kier alpha value is -2.41. The Morgan fingerprint density at radius 3 is 2.77 bits per heavy atom. The summed E-state index contributed by atoms with van der Waals surface area (Å²) in [5, 5.41) is 2.30. The Morgan fingerprint density at radius 2 is 2.09 bits per heavy atom. The zero-order chi connectivity index (χ0) is 15.9. The monoisotopic (exact) mass is 304 g/mol. The molecule has 2 N–H and O–H groups in total. The fourth-order valence-electron chi connectivity index (χ4n) is 3.03. The fourth-order valence-corrected chi connectivity index (χ4v) is 3.03. The lowest BCUT2D eigenvalue weighted by Crippen LogP contribution is -2.64. The number of amides is 3. The molecular weight excluding hydrogens is 286 g/mol. The number of carbonyl (C=O) groups is 3. The van der Waals surface area contributed by atoms with Gasteiger partial charge in [0.05, 0.1) is 13.7 Å². The van der Waals surface area contributed by atoms with Crippen molar-refractivity contribution in [2.24, 2.45) is 0 Å². The zero-order valence-electron chi connectivity index (χ0n) is 12.5. The molecule has 3 amide bonds. The summed E-state index contributed by atoms with van der Waals surface area (Å²) in [6, 6.07) is 4.60. The molecule has 0 radical (unpaired) electrons. The van der Waals surface area contributed by atoms with E-state index in [2.05, 4.69) is 10.7 Å². The highest BCUT2D eigenvalue weighted by Gasteiger charge is 2.53. The summed E-state index contributed by atoms with van der Waals surface area (Å²) < 4.78 is 5.26. The van der Waals surface area contributed by atoms with Crippen LogP contribution in [0.15, 0.2) is 18.2 Å². The molecule has 0 bridgehead atoms. The van der Waals surface area contributed by atoms with Crippen molar-refractivity contribution in [3.63, 3.8) is 0 Å². The number of anilines is 1. The second kappa shape index (κ2) is 5.10. The summed E-state index contributed by atoms with van der Waals surface area (Å²) in [4.78, 5) is 36.2. The van der Waals surface area contributed by atoms with Gasteiger partial charge in [0, 0.05) is 12.8 Å². The van der Waals surface area contributed by atoms with E-state index >= 15 is 0 Å². The molecule has 0 aromatic heterocycles. The molecule has 0 saturated carbocycles. The Morgan fingerprint density at radius 1 is 1.32 bits per heavy atom. The molecular formula is C15H18N3O4+. The summed E-state index contributed by atoms with van der Waals surface area (Å²) in [6.45, 7) is 2.35. The second-order valence-electron chi connectivity index (χ2n) is 5.57. The molecule has 1 aromatic carbocycles. The molecule has 2 atom stereocenters. The molecule has 2 aliphatic heterocycles. The van der Waals surface area contributed by atoms with Gasteiger partial charge in [-0.2, -0.15) is 0 Å². The van der Waals surface area contributed by atoms with E-state index < -0.39 is 11.9 Å². The van der Waals surface area contributed by atoms with Gasteiger partial charge in [0.25, 0.3) is 5.91 Å². The molecule has 0 spiro atoms. The molecule has 1 saturated heterocycles. The maximum absolute atomic E-state index is 12.8. The number of nitrogens with zero attached hydrogens (tertiary/aromatic N) is 1. The largest absolute Gasteiger partial charge is 0.491 e. The molecule has 2 unspecified atom stereocenters. The third-order valence-electron chi connectivity index (χ3n) is 4.16. The average Bonchev–Trinajstić information content (AvgIpc) is 2.73. The van der Waals surface area contributed by atoms with Gasteiger partial charge in [0.15, 0.2) is 6.04 Å². The minimum Gasteiger partial charge on any atom is -0.491 e. The van der Waals surface area contributed by atoms with Crippen LogP contribution in [0.1, 0.15) is 30.1 Å². The van der Waals surface area contributed by atoms with Crippen molar-refractivity contribution >= 4 is 23.4 Å². The van der Waals surface area contributed by atoms with Crippen LogP contribution in [-0.4, -0.2) is 42.0 Å². The maximum Gasteiger partial charge on any atom is 0.372 e. The van der Waals surface area contributed by atoms with Crippen LogP contribution in [0.25, 0.3) is 0 Å². The highest BCUT2D eigenvalue weighted by atomic mass is 16.5. The van der Waals surface area contributed by atoms with Crippen molar-refractivity contribution in [1.82, 2.24) is 5.32 Å². The van der Waals surface area contributed by atoms with Crippen molar-refractivity contribution in [2.75, 3.05) is 19.1 Å². The van der Waals surface area contributed by atoms with Gasteiger partial charge in [-0.15, -0.1) is 4.59 Å². The van der Waals surface area contributed by atoms with E-state index in [0.717, 1.165) is 0 Å². The first-order chi connectivity index (χ1) is 10.5. The highest BCUT2D eigenvalue weighted by molar-refractivity contribution is 6.04. The zero-order valence-corrected chi connectivity index (χ0v) is 12.5. The Labute approximate surface area is 127 Å². The van der Waals surface area contributed by atoms with Gasteiger partial charge < -0.3 is 4.74 Å². The SMILES string of the molecule is CCOc1cccc2c1N[N+](C)(C1CCC(=O)NC1=O)C2=O. The smallest absolute Gasteiger partial charge is 0.372 e. The summed E-state index contributed by atoms with van der Waals surface area (Å²) in [7, 11) is 1.65. The van der Waals surface area contributed by atoms with Crippen LogP contribution in [-0.2, 0) is 9.59 Å². The number of quaternary nitrogens is 1. The number of benzene rings is 1. The lowest BCUT2D eigenvalue weighted by atomic mass is 10.0. The van der Waals surface area contributed by atoms with Crippen LogP contribution in [0, 0.1) is 0 Å². The Balaban J connectivity index is 1.97. The third-order valence-corrected chi connectivity index (χ3v) is 4.16. The Kier molecular flexibility index (Phi) is 3.37. The lowest BCUT2D eigenvalue weighted by Gasteiger charge is -2.35. The van der Waals surface area contributed by atoms with E-state index in [0.29, 0.717) is 30.0 Å². The number of rotatable bonds is 3. The number of piperidine rings is 1. The van der Waals surface area contributed by atoms with Gasteiger partial charge in [0.2, 0.25) is 5.91 Å². The first-order valence-electron chi connectivity index (χ1n) is 7.26. The van der Waals surface area contributed by atoms with E-state index in [-0.39, 0.29) is 22.8 Å². The Bertz CT molecular complexity index is 673. The number of carbonyl (C=O) groups excluding carboxylic acids is 3. The normalized spacial score (nSPS) is 27.2. The molecule has 7 heteroatoms. The van der Waals surface area contributed by atoms with E-state index in [4.69, 9.17) is 4.74 Å². The van der Waals surface area contributed by atoms with E-state index in [9.17, 15) is 14.4 Å². The standard InChI is InChI=1S/C15H17N3O4/c1-3-22-11-6-4-5-9-13(11)17-18(2,15(9)21)10-7-8-12(19)16-14(10)20/h4-6,10H,3,7-8H2,1-2H3,(H-,16,17,19,20,21)/p+1. The number of ether oxygens (including phenoxy) is 1. The predicted octanol–water partition coefficient (Wildman–Crippen LogP) is 0.818. The van der Waals surface area contributed by atoms with E-state index in [1.54, 1.807) is 25.2 Å². The average molecular weight is 304 g/mol. The van der Waals surface area contributed by atoms with Gasteiger partial charge >= 0.3 is 5.91 Å². The summed E-state index contributed by atoms with van der Waals surface area (Å²) in [5.74, 6) is -0.342. The quantitative estimate of drug-likeness (QED) is 0.638. The van der Waals surface area contributed by atoms with Crippen LogP contribution >= 0.6 is 0 Å². The summed E-state index contributed by atoms with van der Waals surface area (Å²) >= 11 is 0. The van der Waals surface area contributed by atoms with Gasteiger partial charge in [-0.3, -0.25) is 14.9 Å². The number of imide groups is 1. The third kappa shape index (κ3) is 2.05. The first-order valence-corrected chi connectivity index (χ1v) is 7.26. The summed E-state index contributed by atoms with van der Waals surface area (Å²) in [6.07, 6.45) is 0.561. The molecule has 1 fully saturated rings. The van der Waals surface area contributed by atoms with Crippen LogP contribution in [0.4, 0.5) is 5.69 Å². The second-order valence-corrected chi connectivity index (χ2v) is 5.57.